The van der Waals surface area contributed by atoms with E-state index in [2.05, 4.69) is 29.4 Å². The fourth-order valence-electron chi connectivity index (χ4n) is 2.95. The van der Waals surface area contributed by atoms with E-state index in [-0.39, 0.29) is 5.91 Å². The third kappa shape index (κ3) is 3.46. The number of fused-ring (bicyclic) bond motifs is 1. The number of amides is 1. The van der Waals surface area contributed by atoms with Crippen molar-refractivity contribution in [2.45, 2.75) is 18.8 Å². The van der Waals surface area contributed by atoms with Crippen molar-refractivity contribution in [1.29, 1.82) is 0 Å². The number of carbonyl (C=O) groups excluding carboxylic acids is 1. The van der Waals surface area contributed by atoms with Crippen LogP contribution in [0.2, 0.25) is 0 Å². The number of nitrogens with one attached hydrogen (secondary N) is 2. The quantitative estimate of drug-likeness (QED) is 0.821. The van der Waals surface area contributed by atoms with Crippen molar-refractivity contribution in [3.63, 3.8) is 0 Å². The first kappa shape index (κ1) is 15.0. The van der Waals surface area contributed by atoms with Gasteiger partial charge in [-0.15, -0.1) is 17.8 Å². The molecule has 1 saturated heterocycles. The highest BCUT2D eigenvalue weighted by Crippen LogP contribution is 2.31. The summed E-state index contributed by atoms with van der Waals surface area (Å²) in [5, 5.41) is 3.98. The van der Waals surface area contributed by atoms with Gasteiger partial charge in [-0.1, -0.05) is 18.1 Å². The van der Waals surface area contributed by atoms with E-state index < -0.39 is 0 Å². The summed E-state index contributed by atoms with van der Waals surface area (Å²) in [6, 6.07) is 8.30. The first-order chi connectivity index (χ1) is 10.8. The standard InChI is InChI=1S/C17H19N3OS/c1-2-9-18-16(21)12-20-10-7-13(8-11-20)17-19-14-5-3-4-6-15(14)22-17/h1,3-6,13H,7-12H2,(H,18,21)/p+1. The average Bonchev–Trinajstić information content (AvgIpc) is 2.97. The van der Waals surface area contributed by atoms with E-state index >= 15 is 0 Å². The smallest absolute Gasteiger partial charge is 0.275 e. The van der Waals surface area contributed by atoms with Crippen LogP contribution < -0.4 is 10.2 Å². The van der Waals surface area contributed by atoms with Gasteiger partial charge in [-0.2, -0.15) is 0 Å². The average molecular weight is 314 g/mol. The molecule has 0 spiro atoms. The minimum absolute atomic E-state index is 0.0476. The van der Waals surface area contributed by atoms with Crippen molar-refractivity contribution in [2.75, 3.05) is 26.2 Å². The Morgan fingerprint density at radius 1 is 1.41 bits per heavy atom. The first-order valence-electron chi connectivity index (χ1n) is 7.65. The van der Waals surface area contributed by atoms with Gasteiger partial charge >= 0.3 is 0 Å². The zero-order valence-electron chi connectivity index (χ0n) is 12.5. The van der Waals surface area contributed by atoms with Crippen LogP contribution in [0, 0.1) is 12.3 Å². The van der Waals surface area contributed by atoms with Crippen molar-refractivity contribution in [3.8, 4) is 12.3 Å². The first-order valence-corrected chi connectivity index (χ1v) is 8.47. The van der Waals surface area contributed by atoms with Gasteiger partial charge in [0.1, 0.15) is 0 Å². The second kappa shape index (κ2) is 6.91. The molecule has 1 amide bonds. The Morgan fingerprint density at radius 2 is 2.18 bits per heavy atom. The zero-order valence-corrected chi connectivity index (χ0v) is 13.3. The predicted octanol–water partition coefficient (Wildman–Crippen LogP) is 0.808. The molecule has 1 aliphatic rings. The number of hydrogen-bond donors (Lipinski definition) is 2. The Kier molecular flexibility index (Phi) is 4.71. The lowest BCUT2D eigenvalue weighted by Crippen LogP contribution is -3.14. The lowest BCUT2D eigenvalue weighted by molar-refractivity contribution is -0.897. The summed E-state index contributed by atoms with van der Waals surface area (Å²) in [5.41, 5.74) is 1.10. The van der Waals surface area contributed by atoms with E-state index in [4.69, 9.17) is 11.4 Å². The van der Waals surface area contributed by atoms with E-state index in [1.165, 1.54) is 14.6 Å². The summed E-state index contributed by atoms with van der Waals surface area (Å²) in [4.78, 5) is 17.8. The molecule has 0 atom stereocenters. The number of aromatic nitrogens is 1. The number of para-hydroxylation sites is 1. The van der Waals surface area contributed by atoms with Gasteiger partial charge < -0.3 is 10.2 Å². The van der Waals surface area contributed by atoms with Crippen molar-refractivity contribution in [3.05, 3.63) is 29.3 Å². The molecule has 114 valence electrons. The minimum Gasteiger partial charge on any atom is -0.340 e. The molecule has 1 fully saturated rings. The Morgan fingerprint density at radius 3 is 2.91 bits per heavy atom. The van der Waals surface area contributed by atoms with E-state index in [0.717, 1.165) is 31.4 Å². The predicted molar refractivity (Wildman–Crippen MR) is 89.0 cm³/mol. The SMILES string of the molecule is C#CCNC(=O)C[NH+]1CCC(c2nc3ccccc3s2)CC1. The van der Waals surface area contributed by atoms with Crippen LogP contribution in [0.15, 0.2) is 24.3 Å². The van der Waals surface area contributed by atoms with Crippen LogP contribution >= 0.6 is 11.3 Å². The van der Waals surface area contributed by atoms with Crippen molar-refractivity contribution < 1.29 is 9.69 Å². The molecule has 2 heterocycles. The van der Waals surface area contributed by atoms with Crippen LogP contribution in [0.3, 0.4) is 0 Å². The molecule has 22 heavy (non-hydrogen) atoms. The van der Waals surface area contributed by atoms with E-state index in [9.17, 15) is 4.79 Å². The largest absolute Gasteiger partial charge is 0.340 e. The van der Waals surface area contributed by atoms with Crippen LogP contribution in [-0.4, -0.2) is 37.1 Å². The van der Waals surface area contributed by atoms with Gasteiger partial charge in [0.15, 0.2) is 6.54 Å². The van der Waals surface area contributed by atoms with Gasteiger partial charge in [0, 0.05) is 18.8 Å². The number of quaternary nitrogens is 1. The number of hydrogen-bond acceptors (Lipinski definition) is 3. The van der Waals surface area contributed by atoms with E-state index in [1.54, 1.807) is 0 Å². The molecule has 2 aromatic rings. The molecule has 2 N–H and O–H groups in total. The number of nitrogens with zero attached hydrogens (tertiary/aromatic N) is 1. The lowest BCUT2D eigenvalue weighted by atomic mass is 9.97. The molecule has 4 nitrogen and oxygen atoms in total. The van der Waals surface area contributed by atoms with Crippen LogP contribution in [-0.2, 0) is 4.79 Å². The molecule has 0 bridgehead atoms. The molecule has 0 saturated carbocycles. The van der Waals surface area contributed by atoms with E-state index in [0.29, 0.717) is 19.0 Å². The summed E-state index contributed by atoms with van der Waals surface area (Å²) >= 11 is 1.81. The number of rotatable bonds is 4. The minimum atomic E-state index is 0.0476. The van der Waals surface area contributed by atoms with Gasteiger partial charge in [-0.05, 0) is 12.1 Å². The number of carbonyl (C=O) groups is 1. The highest BCUT2D eigenvalue weighted by Gasteiger charge is 2.26. The maximum absolute atomic E-state index is 11.7. The van der Waals surface area contributed by atoms with E-state index in [1.807, 2.05) is 17.4 Å². The molecule has 3 rings (SSSR count). The van der Waals surface area contributed by atoms with Crippen LogP contribution in [0.1, 0.15) is 23.8 Å². The molecule has 0 aliphatic carbocycles. The number of thiazole rings is 1. The fourth-order valence-corrected chi connectivity index (χ4v) is 4.09. The third-order valence-electron chi connectivity index (χ3n) is 4.15. The molecule has 1 aromatic carbocycles. The highest BCUT2D eigenvalue weighted by molar-refractivity contribution is 7.18. The molecule has 0 radical (unpaired) electrons. The maximum atomic E-state index is 11.7. The summed E-state index contributed by atoms with van der Waals surface area (Å²) < 4.78 is 1.26. The Balaban J connectivity index is 1.55. The van der Waals surface area contributed by atoms with Gasteiger partial charge in [0.05, 0.1) is 34.9 Å². The summed E-state index contributed by atoms with van der Waals surface area (Å²) in [6.07, 6.45) is 7.34. The third-order valence-corrected chi connectivity index (χ3v) is 5.35. The second-order valence-corrected chi connectivity index (χ2v) is 6.76. The van der Waals surface area contributed by atoms with Crippen LogP contribution in [0.25, 0.3) is 10.2 Å². The topological polar surface area (TPSA) is 46.4 Å². The Labute approximate surface area is 134 Å². The summed E-state index contributed by atoms with van der Waals surface area (Å²) in [6.45, 7) is 2.88. The maximum Gasteiger partial charge on any atom is 0.275 e. The second-order valence-electron chi connectivity index (χ2n) is 5.70. The number of terminal acetylenes is 1. The number of benzene rings is 1. The van der Waals surface area contributed by atoms with Gasteiger partial charge in [-0.3, -0.25) is 4.79 Å². The fraction of sp³-hybridized carbons (Fsp3) is 0.412. The zero-order chi connectivity index (χ0) is 15.4. The number of piperidine rings is 1. The molecular formula is C17H20N3OS+. The molecule has 5 heteroatoms. The van der Waals surface area contributed by atoms with Gasteiger partial charge in [0.25, 0.3) is 5.91 Å². The number of likely N-dealkylation sites (tertiary alicyclic amines) is 1. The van der Waals surface area contributed by atoms with Gasteiger partial charge in [0.2, 0.25) is 0 Å². The normalized spacial score (nSPS) is 21.4. The van der Waals surface area contributed by atoms with Crippen LogP contribution in [0.4, 0.5) is 0 Å². The Bertz CT molecular complexity index is 662. The van der Waals surface area contributed by atoms with Crippen molar-refractivity contribution in [1.82, 2.24) is 10.3 Å². The van der Waals surface area contributed by atoms with Crippen LogP contribution in [0.5, 0.6) is 0 Å². The molecule has 0 unspecified atom stereocenters. The van der Waals surface area contributed by atoms with Crippen molar-refractivity contribution in [2.24, 2.45) is 0 Å². The highest BCUT2D eigenvalue weighted by atomic mass is 32.1. The Hall–Kier alpha value is -1.90. The summed E-state index contributed by atoms with van der Waals surface area (Å²) in [7, 11) is 0. The lowest BCUT2D eigenvalue weighted by Gasteiger charge is -2.27. The molecular weight excluding hydrogens is 294 g/mol. The van der Waals surface area contributed by atoms with Crippen molar-refractivity contribution >= 4 is 27.5 Å². The summed E-state index contributed by atoms with van der Waals surface area (Å²) in [5.74, 6) is 3.01. The molecule has 1 aliphatic heterocycles. The van der Waals surface area contributed by atoms with Gasteiger partial charge in [-0.25, -0.2) is 4.98 Å². The molecule has 1 aromatic heterocycles. The monoisotopic (exact) mass is 314 g/mol.